The SMILES string of the molecule is COc1cccc(CCN2CC3CCC2N(C(=O)OCc2ccccc2)N3C(=O)OCc2ccccc2)c1. The number of fused-ring (bicyclic) bond motifs is 3. The molecule has 38 heavy (non-hydrogen) atoms. The third kappa shape index (κ3) is 5.92. The molecule has 3 aromatic carbocycles. The maximum atomic E-state index is 13.5. The van der Waals surface area contributed by atoms with Crippen molar-refractivity contribution >= 4 is 12.2 Å². The van der Waals surface area contributed by atoms with E-state index in [4.69, 9.17) is 14.2 Å². The molecule has 198 valence electrons. The highest BCUT2D eigenvalue weighted by atomic mass is 16.6. The van der Waals surface area contributed by atoms with Gasteiger partial charge in [-0.05, 0) is 48.1 Å². The summed E-state index contributed by atoms with van der Waals surface area (Å²) < 4.78 is 16.7. The highest BCUT2D eigenvalue weighted by Gasteiger charge is 2.50. The largest absolute Gasteiger partial charge is 0.497 e. The molecule has 3 aliphatic rings. The van der Waals surface area contributed by atoms with Gasteiger partial charge in [-0.2, -0.15) is 5.01 Å². The molecule has 0 radical (unpaired) electrons. The van der Waals surface area contributed by atoms with Crippen LogP contribution in [0.15, 0.2) is 84.9 Å². The predicted molar refractivity (Wildman–Crippen MR) is 142 cm³/mol. The Hall–Kier alpha value is -4.04. The summed E-state index contributed by atoms with van der Waals surface area (Å²) in [6, 6.07) is 26.9. The van der Waals surface area contributed by atoms with E-state index in [1.165, 1.54) is 10.0 Å². The summed E-state index contributed by atoms with van der Waals surface area (Å²) in [5.74, 6) is 0.820. The summed E-state index contributed by atoms with van der Waals surface area (Å²) >= 11 is 0. The van der Waals surface area contributed by atoms with Crippen LogP contribution in [-0.4, -0.2) is 59.5 Å². The number of carbonyl (C=O) groups is 2. The first kappa shape index (κ1) is 25.6. The molecule has 8 heteroatoms. The lowest BCUT2D eigenvalue weighted by Crippen LogP contribution is -2.73. The van der Waals surface area contributed by atoms with Crippen molar-refractivity contribution in [3.8, 4) is 5.75 Å². The summed E-state index contributed by atoms with van der Waals surface area (Å²) in [6.45, 7) is 1.67. The van der Waals surface area contributed by atoms with Crippen LogP contribution in [0.1, 0.15) is 29.5 Å². The molecule has 0 aliphatic carbocycles. The number of hydrogen-bond acceptors (Lipinski definition) is 6. The number of benzene rings is 3. The minimum Gasteiger partial charge on any atom is -0.497 e. The number of amides is 2. The number of hydrogen-bond donors (Lipinski definition) is 0. The second kappa shape index (κ2) is 12.0. The molecule has 3 aliphatic heterocycles. The van der Waals surface area contributed by atoms with Gasteiger partial charge in [0.25, 0.3) is 0 Å². The lowest BCUT2D eigenvalue weighted by molar-refractivity contribution is -0.179. The highest BCUT2D eigenvalue weighted by Crippen LogP contribution is 2.34. The molecule has 0 spiro atoms. The molecule has 6 rings (SSSR count). The number of piperidine rings is 1. The number of nitrogens with zero attached hydrogens (tertiary/aromatic N) is 3. The molecule has 8 nitrogen and oxygen atoms in total. The Morgan fingerprint density at radius 2 is 1.37 bits per heavy atom. The predicted octanol–water partition coefficient (Wildman–Crippen LogP) is 5.23. The maximum Gasteiger partial charge on any atom is 0.430 e. The lowest BCUT2D eigenvalue weighted by Gasteiger charge is -2.56. The Bertz CT molecular complexity index is 1220. The van der Waals surface area contributed by atoms with Crippen molar-refractivity contribution < 1.29 is 23.8 Å². The van der Waals surface area contributed by atoms with Gasteiger partial charge >= 0.3 is 12.2 Å². The normalized spacial score (nSPS) is 18.8. The summed E-state index contributed by atoms with van der Waals surface area (Å²) in [5.41, 5.74) is 2.93. The molecule has 0 aromatic heterocycles. The smallest absolute Gasteiger partial charge is 0.430 e. The maximum absolute atomic E-state index is 13.5. The van der Waals surface area contributed by atoms with E-state index in [0.717, 1.165) is 48.2 Å². The van der Waals surface area contributed by atoms with Crippen molar-refractivity contribution in [2.45, 2.75) is 44.7 Å². The van der Waals surface area contributed by atoms with Crippen LogP contribution in [0.4, 0.5) is 9.59 Å². The summed E-state index contributed by atoms with van der Waals surface area (Å²) in [4.78, 5) is 29.1. The lowest BCUT2D eigenvalue weighted by atomic mass is 9.98. The zero-order chi connectivity index (χ0) is 26.3. The Labute approximate surface area is 223 Å². The van der Waals surface area contributed by atoms with Crippen LogP contribution in [-0.2, 0) is 29.1 Å². The quantitative estimate of drug-likeness (QED) is 0.409. The van der Waals surface area contributed by atoms with E-state index in [9.17, 15) is 9.59 Å². The van der Waals surface area contributed by atoms with Crippen LogP contribution in [0, 0.1) is 0 Å². The minimum atomic E-state index is -0.550. The van der Waals surface area contributed by atoms with Crippen LogP contribution in [0.2, 0.25) is 0 Å². The number of ether oxygens (including phenoxy) is 3. The standard InChI is InChI=1S/C30H33N3O5/c1-36-27-14-8-13-23(19-27)17-18-31-20-26-15-16-28(31)33(30(35)38-22-25-11-6-3-7-12-25)32(26)29(34)37-21-24-9-4-2-5-10-24/h2-14,19,26,28H,15-18,20-22H2,1H3. The zero-order valence-electron chi connectivity index (χ0n) is 21.6. The molecule has 2 bridgehead atoms. The molecule has 0 saturated carbocycles. The molecule has 0 N–H and O–H groups in total. The third-order valence-electron chi connectivity index (χ3n) is 7.09. The van der Waals surface area contributed by atoms with Crippen LogP contribution in [0.3, 0.4) is 0 Å². The topological polar surface area (TPSA) is 71.6 Å². The molecular weight excluding hydrogens is 482 g/mol. The number of hydrazine groups is 1. The van der Waals surface area contributed by atoms with Crippen molar-refractivity contribution in [1.82, 2.24) is 14.9 Å². The van der Waals surface area contributed by atoms with E-state index in [2.05, 4.69) is 11.0 Å². The minimum absolute atomic E-state index is 0.129. The summed E-state index contributed by atoms with van der Waals surface area (Å²) in [6.07, 6.45) is 0.970. The first-order valence-electron chi connectivity index (χ1n) is 13.0. The second-order valence-electron chi connectivity index (χ2n) is 9.58. The van der Waals surface area contributed by atoms with Gasteiger partial charge in [0.1, 0.15) is 25.1 Å². The van der Waals surface area contributed by atoms with E-state index in [1.54, 1.807) is 7.11 Å². The number of carbonyl (C=O) groups excluding carboxylic acids is 2. The van der Waals surface area contributed by atoms with Gasteiger partial charge in [0.15, 0.2) is 0 Å². The van der Waals surface area contributed by atoms with Crippen molar-refractivity contribution in [2.75, 3.05) is 20.2 Å². The van der Waals surface area contributed by atoms with Gasteiger partial charge in [-0.15, -0.1) is 0 Å². The molecule has 3 saturated heterocycles. The van der Waals surface area contributed by atoms with Crippen LogP contribution in [0.25, 0.3) is 0 Å². The highest BCUT2D eigenvalue weighted by molar-refractivity contribution is 5.75. The van der Waals surface area contributed by atoms with Crippen LogP contribution in [0.5, 0.6) is 5.75 Å². The van der Waals surface area contributed by atoms with E-state index < -0.39 is 12.2 Å². The van der Waals surface area contributed by atoms with Crippen molar-refractivity contribution in [3.63, 3.8) is 0 Å². The Kier molecular flexibility index (Phi) is 8.09. The Morgan fingerprint density at radius 1 is 0.763 bits per heavy atom. The fourth-order valence-corrected chi connectivity index (χ4v) is 5.16. The molecule has 3 fully saturated rings. The van der Waals surface area contributed by atoms with Crippen molar-refractivity contribution in [3.05, 3.63) is 102 Å². The average Bonchev–Trinajstić information content (AvgIpc) is 2.98. The second-order valence-corrected chi connectivity index (χ2v) is 9.58. The molecule has 2 unspecified atom stereocenters. The van der Waals surface area contributed by atoms with E-state index in [0.29, 0.717) is 6.54 Å². The number of methoxy groups -OCH3 is 1. The van der Waals surface area contributed by atoms with Gasteiger partial charge < -0.3 is 14.2 Å². The molecular formula is C30H33N3O5. The third-order valence-corrected chi connectivity index (χ3v) is 7.09. The Morgan fingerprint density at radius 3 is 2.00 bits per heavy atom. The van der Waals surface area contributed by atoms with Gasteiger partial charge in [0.05, 0.1) is 13.2 Å². The van der Waals surface area contributed by atoms with Crippen molar-refractivity contribution in [2.24, 2.45) is 0 Å². The van der Waals surface area contributed by atoms with Gasteiger partial charge in [0.2, 0.25) is 0 Å². The zero-order valence-corrected chi connectivity index (χ0v) is 21.6. The van der Waals surface area contributed by atoms with Crippen LogP contribution < -0.4 is 4.74 Å². The molecule has 2 amide bonds. The summed E-state index contributed by atoms with van der Waals surface area (Å²) in [7, 11) is 1.66. The molecule has 3 heterocycles. The average molecular weight is 516 g/mol. The molecule has 3 aromatic rings. The van der Waals surface area contributed by atoms with Gasteiger partial charge in [-0.1, -0.05) is 72.8 Å². The van der Waals surface area contributed by atoms with E-state index in [1.807, 2.05) is 78.9 Å². The monoisotopic (exact) mass is 515 g/mol. The van der Waals surface area contributed by atoms with E-state index in [-0.39, 0.29) is 25.4 Å². The van der Waals surface area contributed by atoms with E-state index >= 15 is 0 Å². The van der Waals surface area contributed by atoms with Gasteiger partial charge in [-0.3, -0.25) is 4.90 Å². The first-order chi connectivity index (χ1) is 18.6. The fraction of sp³-hybridized carbons (Fsp3) is 0.333. The van der Waals surface area contributed by atoms with Crippen molar-refractivity contribution in [1.29, 1.82) is 0 Å². The first-order valence-corrected chi connectivity index (χ1v) is 13.0. The summed E-state index contributed by atoms with van der Waals surface area (Å²) in [5, 5.41) is 2.95. The van der Waals surface area contributed by atoms with Crippen LogP contribution >= 0.6 is 0 Å². The molecule has 2 atom stereocenters. The Balaban J connectivity index is 1.31. The van der Waals surface area contributed by atoms with Gasteiger partial charge in [0, 0.05) is 13.1 Å². The number of rotatable bonds is 8. The fourth-order valence-electron chi connectivity index (χ4n) is 5.16. The van der Waals surface area contributed by atoms with Gasteiger partial charge in [-0.25, -0.2) is 14.6 Å².